The van der Waals surface area contributed by atoms with Gasteiger partial charge in [-0.25, -0.2) is 4.79 Å². The minimum Gasteiger partial charge on any atom is -0.486 e. The van der Waals surface area contributed by atoms with E-state index in [-0.39, 0.29) is 12.0 Å². The zero-order valence-electron chi connectivity index (χ0n) is 16.3. The fourth-order valence-electron chi connectivity index (χ4n) is 3.59. The Hall–Kier alpha value is -3.06. The van der Waals surface area contributed by atoms with E-state index in [9.17, 15) is 4.79 Å². The molecule has 2 aliphatic heterocycles. The van der Waals surface area contributed by atoms with E-state index in [1.54, 1.807) is 6.92 Å². The Morgan fingerprint density at radius 3 is 2.62 bits per heavy atom. The summed E-state index contributed by atoms with van der Waals surface area (Å²) in [6.07, 6.45) is 0. The van der Waals surface area contributed by atoms with Crippen molar-refractivity contribution in [3.05, 3.63) is 65.4 Å². The molecule has 1 N–H and O–H groups in total. The van der Waals surface area contributed by atoms with Crippen molar-refractivity contribution in [2.75, 3.05) is 24.7 Å². The second-order valence-electron chi connectivity index (χ2n) is 6.68. The SMILES string of the molecule is CCOC(=O)C1=C(C)N(c2ccc3c(c2)OCCO3)C(=S)N[C@H]1c1ccccc1. The summed E-state index contributed by atoms with van der Waals surface area (Å²) in [6, 6.07) is 15.0. The van der Waals surface area contributed by atoms with Crippen LogP contribution in [0.4, 0.5) is 5.69 Å². The Morgan fingerprint density at radius 2 is 1.90 bits per heavy atom. The number of thiocarbonyl (C=S) groups is 1. The van der Waals surface area contributed by atoms with Gasteiger partial charge in [-0.2, -0.15) is 0 Å². The number of nitrogens with one attached hydrogen (secondary N) is 1. The van der Waals surface area contributed by atoms with E-state index < -0.39 is 0 Å². The average molecular weight is 410 g/mol. The van der Waals surface area contributed by atoms with Gasteiger partial charge in [0.05, 0.1) is 23.9 Å². The van der Waals surface area contributed by atoms with Crippen LogP contribution in [-0.4, -0.2) is 30.9 Å². The molecule has 0 spiro atoms. The summed E-state index contributed by atoms with van der Waals surface area (Å²) in [5, 5.41) is 3.81. The van der Waals surface area contributed by atoms with E-state index in [1.165, 1.54) is 0 Å². The van der Waals surface area contributed by atoms with Gasteiger partial charge in [-0.1, -0.05) is 30.3 Å². The van der Waals surface area contributed by atoms with Gasteiger partial charge in [0.1, 0.15) is 13.2 Å². The zero-order chi connectivity index (χ0) is 20.4. The molecule has 0 aliphatic carbocycles. The number of esters is 1. The lowest BCUT2D eigenvalue weighted by atomic mass is 9.95. The van der Waals surface area contributed by atoms with Crippen LogP contribution in [0.25, 0.3) is 0 Å². The summed E-state index contributed by atoms with van der Waals surface area (Å²) in [5.41, 5.74) is 2.98. The lowest BCUT2D eigenvalue weighted by molar-refractivity contribution is -0.139. The maximum atomic E-state index is 12.9. The Morgan fingerprint density at radius 1 is 1.17 bits per heavy atom. The van der Waals surface area contributed by atoms with E-state index in [0.29, 0.717) is 42.0 Å². The topological polar surface area (TPSA) is 60.0 Å². The van der Waals surface area contributed by atoms with Gasteiger partial charge >= 0.3 is 5.97 Å². The highest BCUT2D eigenvalue weighted by molar-refractivity contribution is 7.80. The highest BCUT2D eigenvalue weighted by atomic mass is 32.1. The van der Waals surface area contributed by atoms with E-state index >= 15 is 0 Å². The van der Waals surface area contributed by atoms with E-state index in [1.807, 2.05) is 60.4 Å². The molecule has 150 valence electrons. The number of carbonyl (C=O) groups excluding carboxylic acids is 1. The number of fused-ring (bicyclic) bond motifs is 1. The molecule has 0 aromatic heterocycles. The normalized spacial score (nSPS) is 18.3. The zero-order valence-corrected chi connectivity index (χ0v) is 17.1. The molecule has 0 saturated heterocycles. The maximum Gasteiger partial charge on any atom is 0.338 e. The molecule has 2 aromatic carbocycles. The third-order valence-corrected chi connectivity index (χ3v) is 5.20. The van der Waals surface area contributed by atoms with Gasteiger partial charge in [-0.05, 0) is 43.8 Å². The van der Waals surface area contributed by atoms with Crippen LogP contribution < -0.4 is 19.7 Å². The first-order valence-corrected chi connectivity index (χ1v) is 9.94. The predicted molar refractivity (Wildman–Crippen MR) is 114 cm³/mol. The van der Waals surface area contributed by atoms with Crippen LogP contribution in [0, 0.1) is 0 Å². The van der Waals surface area contributed by atoms with Crippen LogP contribution in [-0.2, 0) is 9.53 Å². The number of hydrogen-bond donors (Lipinski definition) is 1. The van der Waals surface area contributed by atoms with Gasteiger partial charge in [0.25, 0.3) is 0 Å². The van der Waals surface area contributed by atoms with Gasteiger partial charge in [-0.15, -0.1) is 0 Å². The van der Waals surface area contributed by atoms with Gasteiger partial charge < -0.3 is 19.5 Å². The predicted octanol–water partition coefficient (Wildman–Crippen LogP) is 3.73. The summed E-state index contributed by atoms with van der Waals surface area (Å²) in [4.78, 5) is 14.7. The number of anilines is 1. The second kappa shape index (κ2) is 8.13. The van der Waals surface area contributed by atoms with Crippen LogP contribution in [0.15, 0.2) is 59.8 Å². The standard InChI is InChI=1S/C22H22N2O4S/c1-3-26-21(25)19-14(2)24(16-9-10-17-18(13-16)28-12-11-27-17)22(29)23-20(19)15-7-5-4-6-8-15/h4-10,13,20H,3,11-12H2,1-2H3,(H,23,29)/t20-/m0/s1. The molecule has 0 fully saturated rings. The number of nitrogens with zero attached hydrogens (tertiary/aromatic N) is 1. The number of ether oxygens (including phenoxy) is 3. The van der Waals surface area contributed by atoms with Gasteiger partial charge in [0.2, 0.25) is 0 Å². The van der Waals surface area contributed by atoms with Gasteiger partial charge in [0.15, 0.2) is 16.6 Å². The second-order valence-corrected chi connectivity index (χ2v) is 7.06. The molecule has 6 nitrogen and oxygen atoms in total. The van der Waals surface area contributed by atoms with E-state index in [4.69, 9.17) is 26.4 Å². The van der Waals surface area contributed by atoms with E-state index in [0.717, 1.165) is 16.9 Å². The summed E-state index contributed by atoms with van der Waals surface area (Å²) in [5.74, 6) is 0.994. The summed E-state index contributed by atoms with van der Waals surface area (Å²) >= 11 is 5.68. The minimum absolute atomic E-state index is 0.297. The molecule has 2 aliphatic rings. The van der Waals surface area contributed by atoms with Crippen molar-refractivity contribution >= 4 is 29.0 Å². The highest BCUT2D eigenvalue weighted by Crippen LogP contribution is 2.38. The molecule has 0 saturated carbocycles. The first-order chi connectivity index (χ1) is 14.1. The largest absolute Gasteiger partial charge is 0.486 e. The number of allylic oxidation sites excluding steroid dienone is 1. The van der Waals surface area contributed by atoms with Gasteiger partial charge in [0, 0.05) is 11.8 Å². The highest BCUT2D eigenvalue weighted by Gasteiger charge is 2.35. The number of carbonyl (C=O) groups is 1. The fraction of sp³-hybridized carbons (Fsp3) is 0.273. The average Bonchev–Trinajstić information content (AvgIpc) is 2.74. The summed E-state index contributed by atoms with van der Waals surface area (Å²) < 4.78 is 16.7. The molecule has 0 bridgehead atoms. The van der Waals surface area contributed by atoms with Crippen LogP contribution in [0.1, 0.15) is 25.5 Å². The van der Waals surface area contributed by atoms with Crippen molar-refractivity contribution in [1.82, 2.24) is 5.32 Å². The minimum atomic E-state index is -0.379. The molecular formula is C22H22N2O4S. The number of hydrogen-bond acceptors (Lipinski definition) is 5. The molecule has 7 heteroatoms. The molecular weight excluding hydrogens is 388 g/mol. The number of rotatable bonds is 4. The smallest absolute Gasteiger partial charge is 0.338 e. The quantitative estimate of drug-likeness (QED) is 0.609. The third kappa shape index (κ3) is 3.65. The van der Waals surface area contributed by atoms with Gasteiger partial charge in [-0.3, -0.25) is 4.90 Å². The first-order valence-electron chi connectivity index (χ1n) is 9.53. The summed E-state index contributed by atoms with van der Waals surface area (Å²) in [6.45, 7) is 5.00. The number of benzene rings is 2. The van der Waals surface area contributed by atoms with Crippen LogP contribution in [0.3, 0.4) is 0 Å². The van der Waals surface area contributed by atoms with Crippen molar-refractivity contribution < 1.29 is 19.0 Å². The Bertz CT molecular complexity index is 974. The summed E-state index contributed by atoms with van der Waals surface area (Å²) in [7, 11) is 0. The fourth-order valence-corrected chi connectivity index (χ4v) is 3.95. The maximum absolute atomic E-state index is 12.9. The molecule has 29 heavy (non-hydrogen) atoms. The van der Waals surface area contributed by atoms with Crippen molar-refractivity contribution in [1.29, 1.82) is 0 Å². The van der Waals surface area contributed by atoms with Crippen molar-refractivity contribution in [2.45, 2.75) is 19.9 Å². The first kappa shape index (κ1) is 19.3. The molecule has 2 aromatic rings. The molecule has 0 amide bonds. The van der Waals surface area contributed by atoms with Crippen molar-refractivity contribution in [2.24, 2.45) is 0 Å². The van der Waals surface area contributed by atoms with E-state index in [2.05, 4.69) is 5.32 Å². The lowest BCUT2D eigenvalue weighted by Gasteiger charge is -2.37. The van der Waals surface area contributed by atoms with Crippen LogP contribution in [0.5, 0.6) is 11.5 Å². The Kier molecular flexibility index (Phi) is 5.40. The van der Waals surface area contributed by atoms with Crippen molar-refractivity contribution in [3.8, 4) is 11.5 Å². The van der Waals surface area contributed by atoms with Crippen LogP contribution in [0.2, 0.25) is 0 Å². The van der Waals surface area contributed by atoms with Crippen molar-refractivity contribution in [3.63, 3.8) is 0 Å². The third-order valence-electron chi connectivity index (χ3n) is 4.90. The lowest BCUT2D eigenvalue weighted by Crippen LogP contribution is -2.48. The molecule has 0 radical (unpaired) electrons. The van der Waals surface area contributed by atoms with Crippen LogP contribution >= 0.6 is 12.2 Å². The Balaban J connectivity index is 1.80. The Labute approximate surface area is 175 Å². The molecule has 4 rings (SSSR count). The molecule has 1 atom stereocenters. The molecule has 2 heterocycles. The monoisotopic (exact) mass is 410 g/mol. The molecule has 0 unspecified atom stereocenters.